The van der Waals surface area contributed by atoms with E-state index >= 15 is 0 Å². The maximum Gasteiger partial charge on any atom is -0.00204 e. The minimum absolute atomic E-state index is 0.406. The van der Waals surface area contributed by atoms with E-state index in [9.17, 15) is 0 Å². The van der Waals surface area contributed by atoms with Gasteiger partial charge in [0.1, 0.15) is 0 Å². The van der Waals surface area contributed by atoms with Gasteiger partial charge in [-0.15, -0.1) is 0 Å². The van der Waals surface area contributed by atoms with Crippen LogP contribution >= 0.6 is 0 Å². The Labute approximate surface area is 70.4 Å². The summed E-state index contributed by atoms with van der Waals surface area (Å²) in [7, 11) is 0. The molecule has 2 atom stereocenters. The third kappa shape index (κ3) is 1.58. The first-order chi connectivity index (χ1) is 4.90. The molecule has 1 fully saturated rings. The van der Waals surface area contributed by atoms with Gasteiger partial charge in [-0.2, -0.15) is 0 Å². The first kappa shape index (κ1) is 9.05. The first-order valence-electron chi connectivity index (χ1n) is 4.60. The highest BCUT2D eigenvalue weighted by Crippen LogP contribution is 2.51. The molecule has 1 nitrogen and oxygen atoms in total. The van der Waals surface area contributed by atoms with Gasteiger partial charge < -0.3 is 5.73 Å². The summed E-state index contributed by atoms with van der Waals surface area (Å²) in [5.74, 6) is 0.794. The average Bonchev–Trinajstić information content (AvgIpc) is 2.03. The van der Waals surface area contributed by atoms with Crippen molar-refractivity contribution in [2.45, 2.75) is 40.5 Å². The molecule has 0 radical (unpaired) electrons. The van der Waals surface area contributed by atoms with Crippen molar-refractivity contribution >= 4 is 0 Å². The molecule has 0 aliphatic heterocycles. The average molecular weight is 155 g/mol. The van der Waals surface area contributed by atoms with Crippen LogP contribution in [0, 0.1) is 16.7 Å². The van der Waals surface area contributed by atoms with Crippen LogP contribution in [0.4, 0.5) is 0 Å². The third-order valence-corrected chi connectivity index (χ3v) is 3.40. The Bertz CT molecular complexity index is 151. The van der Waals surface area contributed by atoms with Crippen molar-refractivity contribution in [3.05, 3.63) is 0 Å². The Morgan fingerprint density at radius 2 is 1.91 bits per heavy atom. The second-order valence-corrected chi connectivity index (χ2v) is 5.30. The van der Waals surface area contributed by atoms with E-state index in [0.29, 0.717) is 10.8 Å². The Kier molecular flexibility index (Phi) is 2.04. The van der Waals surface area contributed by atoms with Crippen LogP contribution in [0.2, 0.25) is 0 Å². The van der Waals surface area contributed by atoms with Gasteiger partial charge in [0.05, 0.1) is 0 Å². The fourth-order valence-corrected chi connectivity index (χ4v) is 2.69. The number of rotatable bonds is 1. The topological polar surface area (TPSA) is 26.0 Å². The Balaban J connectivity index is 2.73. The molecule has 0 aromatic rings. The van der Waals surface area contributed by atoms with Crippen LogP contribution < -0.4 is 5.73 Å². The lowest BCUT2D eigenvalue weighted by Crippen LogP contribution is -2.29. The zero-order valence-electron chi connectivity index (χ0n) is 8.28. The molecule has 2 N–H and O–H groups in total. The first-order valence-corrected chi connectivity index (χ1v) is 4.60. The molecule has 0 spiro atoms. The molecule has 0 amide bonds. The highest BCUT2D eigenvalue weighted by Gasteiger charge is 2.44. The predicted molar refractivity (Wildman–Crippen MR) is 49.3 cm³/mol. The molecule has 1 rings (SSSR count). The smallest absolute Gasteiger partial charge is 0.00204 e. The van der Waals surface area contributed by atoms with Gasteiger partial charge in [-0.1, -0.05) is 27.7 Å². The lowest BCUT2D eigenvalue weighted by atomic mass is 9.80. The second kappa shape index (κ2) is 2.48. The van der Waals surface area contributed by atoms with Crippen molar-refractivity contribution in [1.82, 2.24) is 0 Å². The summed E-state index contributed by atoms with van der Waals surface area (Å²) in [5.41, 5.74) is 6.71. The summed E-state index contributed by atoms with van der Waals surface area (Å²) in [6.45, 7) is 10.2. The van der Waals surface area contributed by atoms with Crippen LogP contribution in [-0.2, 0) is 0 Å². The number of nitrogens with two attached hydrogens (primary N) is 1. The molecule has 1 aliphatic rings. The van der Waals surface area contributed by atoms with Crippen LogP contribution in [0.1, 0.15) is 40.5 Å². The van der Waals surface area contributed by atoms with Crippen molar-refractivity contribution in [3.63, 3.8) is 0 Å². The second-order valence-electron chi connectivity index (χ2n) is 5.30. The normalized spacial score (nSPS) is 42.8. The minimum atomic E-state index is 0.406. The Hall–Kier alpha value is -0.0400. The summed E-state index contributed by atoms with van der Waals surface area (Å²) in [4.78, 5) is 0. The van der Waals surface area contributed by atoms with E-state index in [2.05, 4.69) is 27.7 Å². The Morgan fingerprint density at radius 3 is 2.09 bits per heavy atom. The minimum Gasteiger partial charge on any atom is -0.330 e. The SMILES string of the molecule is C[C@H]1CC(C)(C)C[C@]1(C)CN. The van der Waals surface area contributed by atoms with Gasteiger partial charge in [0, 0.05) is 0 Å². The standard InChI is InChI=1S/C10H21N/c1-8-5-9(2,3)6-10(8,4)7-11/h8H,5-7,11H2,1-4H3/t8-,10+/m0/s1. The predicted octanol–water partition coefficient (Wildman–Crippen LogP) is 2.41. The zero-order valence-corrected chi connectivity index (χ0v) is 8.28. The van der Waals surface area contributed by atoms with E-state index in [1.807, 2.05) is 0 Å². The van der Waals surface area contributed by atoms with Gasteiger partial charge in [-0.25, -0.2) is 0 Å². The number of hydrogen-bond acceptors (Lipinski definition) is 1. The van der Waals surface area contributed by atoms with Gasteiger partial charge >= 0.3 is 0 Å². The lowest BCUT2D eigenvalue weighted by Gasteiger charge is -2.27. The highest BCUT2D eigenvalue weighted by atomic mass is 14.6. The van der Waals surface area contributed by atoms with Gasteiger partial charge in [-0.05, 0) is 36.1 Å². The molecule has 0 aromatic carbocycles. The van der Waals surface area contributed by atoms with Crippen molar-refractivity contribution in [2.75, 3.05) is 6.54 Å². The molecule has 1 heteroatoms. The van der Waals surface area contributed by atoms with E-state index in [0.717, 1.165) is 12.5 Å². The molecule has 1 aliphatic carbocycles. The summed E-state index contributed by atoms with van der Waals surface area (Å²) in [5, 5.41) is 0. The van der Waals surface area contributed by atoms with E-state index in [4.69, 9.17) is 5.73 Å². The fraction of sp³-hybridized carbons (Fsp3) is 1.00. The molecule has 0 unspecified atom stereocenters. The van der Waals surface area contributed by atoms with Crippen LogP contribution in [0.5, 0.6) is 0 Å². The van der Waals surface area contributed by atoms with Crippen LogP contribution in [0.15, 0.2) is 0 Å². The zero-order chi connectivity index (χ0) is 8.70. The van der Waals surface area contributed by atoms with E-state index in [1.165, 1.54) is 12.8 Å². The van der Waals surface area contributed by atoms with E-state index in [1.54, 1.807) is 0 Å². The van der Waals surface area contributed by atoms with Crippen molar-refractivity contribution in [1.29, 1.82) is 0 Å². The molecule has 0 bridgehead atoms. The summed E-state index contributed by atoms with van der Waals surface area (Å²) >= 11 is 0. The molecule has 1 saturated carbocycles. The molecular weight excluding hydrogens is 134 g/mol. The molecular formula is C10H21N. The molecule has 11 heavy (non-hydrogen) atoms. The van der Waals surface area contributed by atoms with Crippen LogP contribution in [0.25, 0.3) is 0 Å². The molecule has 0 aromatic heterocycles. The summed E-state index contributed by atoms with van der Waals surface area (Å²) in [6, 6.07) is 0. The highest BCUT2D eigenvalue weighted by molar-refractivity contribution is 4.95. The summed E-state index contributed by atoms with van der Waals surface area (Å²) < 4.78 is 0. The Morgan fingerprint density at radius 1 is 1.36 bits per heavy atom. The lowest BCUT2D eigenvalue weighted by molar-refractivity contribution is 0.245. The monoisotopic (exact) mass is 155 g/mol. The fourth-order valence-electron chi connectivity index (χ4n) is 2.69. The molecule has 0 saturated heterocycles. The van der Waals surface area contributed by atoms with Crippen LogP contribution in [0.3, 0.4) is 0 Å². The quantitative estimate of drug-likeness (QED) is 0.618. The summed E-state index contributed by atoms with van der Waals surface area (Å²) in [6.07, 6.45) is 2.62. The largest absolute Gasteiger partial charge is 0.330 e. The van der Waals surface area contributed by atoms with Crippen molar-refractivity contribution in [3.8, 4) is 0 Å². The maximum absolute atomic E-state index is 5.78. The maximum atomic E-state index is 5.78. The van der Waals surface area contributed by atoms with Crippen LogP contribution in [-0.4, -0.2) is 6.54 Å². The third-order valence-electron chi connectivity index (χ3n) is 3.40. The van der Waals surface area contributed by atoms with Gasteiger partial charge in [0.25, 0.3) is 0 Å². The van der Waals surface area contributed by atoms with E-state index < -0.39 is 0 Å². The van der Waals surface area contributed by atoms with Gasteiger partial charge in [0.2, 0.25) is 0 Å². The number of hydrogen-bond donors (Lipinski definition) is 1. The van der Waals surface area contributed by atoms with Crippen molar-refractivity contribution in [2.24, 2.45) is 22.5 Å². The molecule has 0 heterocycles. The van der Waals surface area contributed by atoms with Crippen molar-refractivity contribution < 1.29 is 0 Å². The van der Waals surface area contributed by atoms with Gasteiger partial charge in [-0.3, -0.25) is 0 Å². The van der Waals surface area contributed by atoms with E-state index in [-0.39, 0.29) is 0 Å². The molecule has 66 valence electrons. The van der Waals surface area contributed by atoms with Gasteiger partial charge in [0.15, 0.2) is 0 Å².